The van der Waals surface area contributed by atoms with Crippen LogP contribution in [0.2, 0.25) is 0 Å². The van der Waals surface area contributed by atoms with E-state index in [1.165, 1.54) is 18.2 Å². The van der Waals surface area contributed by atoms with Gasteiger partial charge in [-0.25, -0.2) is 0 Å². The fourth-order valence-corrected chi connectivity index (χ4v) is 3.10. The first-order chi connectivity index (χ1) is 14.5. The van der Waals surface area contributed by atoms with Gasteiger partial charge in [-0.05, 0) is 47.9 Å². The Morgan fingerprint density at radius 3 is 2.06 bits per heavy atom. The molecule has 0 saturated heterocycles. The van der Waals surface area contributed by atoms with Gasteiger partial charge in [0.1, 0.15) is 5.75 Å². The van der Waals surface area contributed by atoms with Crippen molar-refractivity contribution in [1.29, 1.82) is 0 Å². The third-order valence-electron chi connectivity index (χ3n) is 4.70. The second-order valence-corrected chi connectivity index (χ2v) is 6.97. The maximum atomic E-state index is 12.8. The molecule has 0 spiro atoms. The molecule has 0 fully saturated rings. The lowest BCUT2D eigenvalue weighted by Gasteiger charge is -2.17. The quantitative estimate of drug-likeness (QED) is 0.413. The van der Waals surface area contributed by atoms with Gasteiger partial charge in [-0.15, -0.1) is 13.2 Å². The van der Waals surface area contributed by atoms with E-state index in [1.807, 2.05) is 37.3 Å². The van der Waals surface area contributed by atoms with Crippen molar-refractivity contribution < 1.29 is 31.1 Å². The molecule has 3 aromatic carbocycles. The second kappa shape index (κ2) is 9.01. The van der Waals surface area contributed by atoms with E-state index < -0.39 is 23.9 Å². The minimum absolute atomic E-state index is 0.0122. The van der Waals surface area contributed by atoms with Crippen LogP contribution in [0.4, 0.5) is 26.3 Å². The average molecular weight is 439 g/mol. The van der Waals surface area contributed by atoms with Crippen molar-refractivity contribution in [3.05, 3.63) is 89.5 Å². The van der Waals surface area contributed by atoms with E-state index in [0.717, 1.165) is 29.8 Å². The second-order valence-electron chi connectivity index (χ2n) is 6.97. The van der Waals surface area contributed by atoms with Gasteiger partial charge in [0.2, 0.25) is 0 Å². The Balaban J connectivity index is 1.88. The SMILES string of the molecule is C[C@@H](NCc1ccc(OC(F)(F)F)c(-c2ccc(C(F)(F)F)cc2)c1)c1ccccc1. The molecule has 0 aromatic heterocycles. The van der Waals surface area contributed by atoms with Crippen LogP contribution >= 0.6 is 0 Å². The van der Waals surface area contributed by atoms with Crippen LogP contribution in [0.5, 0.6) is 5.75 Å². The lowest BCUT2D eigenvalue weighted by Crippen LogP contribution is -2.19. The molecule has 0 amide bonds. The first-order valence-electron chi connectivity index (χ1n) is 9.37. The summed E-state index contributed by atoms with van der Waals surface area (Å²) in [6, 6.07) is 17.6. The third-order valence-corrected chi connectivity index (χ3v) is 4.70. The highest BCUT2D eigenvalue weighted by Crippen LogP contribution is 2.37. The van der Waals surface area contributed by atoms with Crippen molar-refractivity contribution in [2.45, 2.75) is 32.0 Å². The molecule has 31 heavy (non-hydrogen) atoms. The predicted octanol–water partition coefficient (Wildman–Crippen LogP) is 7.12. The van der Waals surface area contributed by atoms with Crippen molar-refractivity contribution in [2.75, 3.05) is 0 Å². The zero-order valence-electron chi connectivity index (χ0n) is 16.4. The molecule has 0 heterocycles. The Morgan fingerprint density at radius 2 is 1.48 bits per heavy atom. The number of nitrogens with one attached hydrogen (secondary N) is 1. The van der Waals surface area contributed by atoms with Crippen molar-refractivity contribution >= 4 is 0 Å². The number of halogens is 6. The molecule has 3 aromatic rings. The highest BCUT2D eigenvalue weighted by molar-refractivity contribution is 5.71. The number of hydrogen-bond donors (Lipinski definition) is 1. The summed E-state index contributed by atoms with van der Waals surface area (Å²) in [5.41, 5.74) is 1.06. The summed E-state index contributed by atoms with van der Waals surface area (Å²) in [5, 5.41) is 3.28. The lowest BCUT2D eigenvalue weighted by molar-refractivity contribution is -0.274. The Hall–Kier alpha value is -3.00. The lowest BCUT2D eigenvalue weighted by atomic mass is 10.00. The largest absolute Gasteiger partial charge is 0.573 e. The van der Waals surface area contributed by atoms with E-state index in [9.17, 15) is 26.3 Å². The first kappa shape index (κ1) is 22.7. The first-order valence-corrected chi connectivity index (χ1v) is 9.37. The van der Waals surface area contributed by atoms with Crippen LogP contribution in [0.15, 0.2) is 72.8 Å². The van der Waals surface area contributed by atoms with E-state index in [-0.39, 0.29) is 17.2 Å². The number of alkyl halides is 6. The number of rotatable bonds is 6. The molecule has 0 aliphatic carbocycles. The van der Waals surface area contributed by atoms with Gasteiger partial charge in [0.15, 0.2) is 0 Å². The van der Waals surface area contributed by atoms with Crippen LogP contribution < -0.4 is 10.1 Å². The molecular formula is C23H19F6NO. The predicted molar refractivity (Wildman–Crippen MR) is 105 cm³/mol. The van der Waals surface area contributed by atoms with Crippen molar-refractivity contribution in [2.24, 2.45) is 0 Å². The molecule has 0 aliphatic heterocycles. The van der Waals surface area contributed by atoms with Crippen LogP contribution in [-0.4, -0.2) is 6.36 Å². The average Bonchev–Trinajstić information content (AvgIpc) is 2.72. The van der Waals surface area contributed by atoms with Crippen LogP contribution in [-0.2, 0) is 12.7 Å². The maximum absolute atomic E-state index is 12.8. The van der Waals surface area contributed by atoms with Gasteiger partial charge in [0.05, 0.1) is 5.56 Å². The minimum Gasteiger partial charge on any atom is -0.405 e. The van der Waals surface area contributed by atoms with Crippen molar-refractivity contribution in [3.8, 4) is 16.9 Å². The van der Waals surface area contributed by atoms with E-state index >= 15 is 0 Å². The molecule has 164 valence electrons. The normalized spacial score (nSPS) is 13.1. The van der Waals surface area contributed by atoms with E-state index in [2.05, 4.69) is 10.1 Å². The standard InChI is InChI=1S/C23H19F6NO/c1-15(17-5-3-2-4-6-17)30-14-16-7-12-21(31-23(27,28)29)20(13-16)18-8-10-19(11-9-18)22(24,25)26/h2-13,15,30H,14H2,1H3/t15-/m1/s1. The van der Waals surface area contributed by atoms with Gasteiger partial charge in [-0.3, -0.25) is 0 Å². The monoisotopic (exact) mass is 439 g/mol. The Labute approximate surface area is 175 Å². The van der Waals surface area contributed by atoms with Gasteiger partial charge >= 0.3 is 12.5 Å². The molecule has 1 N–H and O–H groups in total. The van der Waals surface area contributed by atoms with Gasteiger partial charge in [-0.1, -0.05) is 48.5 Å². The van der Waals surface area contributed by atoms with Gasteiger partial charge in [-0.2, -0.15) is 13.2 Å². The summed E-state index contributed by atoms with van der Waals surface area (Å²) in [6.07, 6.45) is -9.47. The summed E-state index contributed by atoms with van der Waals surface area (Å²) >= 11 is 0. The van der Waals surface area contributed by atoms with Crippen molar-refractivity contribution in [1.82, 2.24) is 5.32 Å². The number of ether oxygens (including phenoxy) is 1. The fourth-order valence-electron chi connectivity index (χ4n) is 3.10. The Kier molecular flexibility index (Phi) is 6.59. The number of hydrogen-bond acceptors (Lipinski definition) is 2. The van der Waals surface area contributed by atoms with E-state index in [0.29, 0.717) is 12.1 Å². The molecule has 0 saturated carbocycles. The third kappa shape index (κ3) is 6.24. The fraction of sp³-hybridized carbons (Fsp3) is 0.217. The minimum atomic E-state index is -4.93. The summed E-state index contributed by atoms with van der Waals surface area (Å²) in [6.45, 7) is 2.29. The molecule has 0 unspecified atom stereocenters. The van der Waals surface area contributed by atoms with Gasteiger partial charge < -0.3 is 10.1 Å². The van der Waals surface area contributed by atoms with Crippen LogP contribution in [0.1, 0.15) is 29.7 Å². The molecule has 8 heteroatoms. The van der Waals surface area contributed by atoms with E-state index in [4.69, 9.17) is 0 Å². The zero-order chi connectivity index (χ0) is 22.6. The topological polar surface area (TPSA) is 21.3 Å². The summed E-state index contributed by atoms with van der Waals surface area (Å²) in [4.78, 5) is 0. The maximum Gasteiger partial charge on any atom is 0.573 e. The Bertz CT molecular complexity index is 997. The smallest absolute Gasteiger partial charge is 0.405 e. The molecule has 0 aliphatic rings. The van der Waals surface area contributed by atoms with Crippen LogP contribution in [0, 0.1) is 0 Å². The van der Waals surface area contributed by atoms with Crippen LogP contribution in [0.25, 0.3) is 11.1 Å². The molecule has 3 rings (SSSR count). The van der Waals surface area contributed by atoms with E-state index in [1.54, 1.807) is 0 Å². The molecule has 1 atom stereocenters. The Morgan fingerprint density at radius 1 is 0.839 bits per heavy atom. The highest BCUT2D eigenvalue weighted by atomic mass is 19.4. The highest BCUT2D eigenvalue weighted by Gasteiger charge is 2.33. The van der Waals surface area contributed by atoms with Crippen LogP contribution in [0.3, 0.4) is 0 Å². The zero-order valence-corrected chi connectivity index (χ0v) is 16.4. The van der Waals surface area contributed by atoms with Gasteiger partial charge in [0.25, 0.3) is 0 Å². The molecule has 0 radical (unpaired) electrons. The summed E-state index contributed by atoms with van der Waals surface area (Å²) < 4.78 is 81.0. The number of benzene rings is 3. The summed E-state index contributed by atoms with van der Waals surface area (Å²) in [5.74, 6) is -0.480. The van der Waals surface area contributed by atoms with Crippen molar-refractivity contribution in [3.63, 3.8) is 0 Å². The van der Waals surface area contributed by atoms with Gasteiger partial charge in [0, 0.05) is 18.2 Å². The summed E-state index contributed by atoms with van der Waals surface area (Å²) in [7, 11) is 0. The molecular weight excluding hydrogens is 420 g/mol. The molecule has 2 nitrogen and oxygen atoms in total. The molecule has 0 bridgehead atoms.